The first kappa shape index (κ1) is 20.4. The SMILES string of the molecule is CCCOC(=O)c1ccc(NC(=O)C(c2ccccc2)N2CCSCC2)cc1. The van der Waals surface area contributed by atoms with Crippen LogP contribution in [0.15, 0.2) is 54.6 Å². The second kappa shape index (κ2) is 10.3. The van der Waals surface area contributed by atoms with Crippen LogP contribution in [-0.4, -0.2) is 48.0 Å². The Kier molecular flexibility index (Phi) is 7.51. The molecule has 1 heterocycles. The fraction of sp³-hybridized carbons (Fsp3) is 0.364. The predicted octanol–water partition coefficient (Wildman–Crippen LogP) is 3.98. The summed E-state index contributed by atoms with van der Waals surface area (Å²) in [7, 11) is 0. The second-order valence-corrected chi connectivity index (χ2v) is 7.89. The number of carbonyl (C=O) groups is 2. The highest BCUT2D eigenvalue weighted by atomic mass is 32.2. The first-order chi connectivity index (χ1) is 13.7. The third-order valence-electron chi connectivity index (χ3n) is 4.60. The second-order valence-electron chi connectivity index (χ2n) is 6.66. The number of hydrogen-bond acceptors (Lipinski definition) is 5. The van der Waals surface area contributed by atoms with Crippen LogP contribution in [0.5, 0.6) is 0 Å². The number of amides is 1. The van der Waals surface area contributed by atoms with E-state index in [9.17, 15) is 9.59 Å². The maximum Gasteiger partial charge on any atom is 0.338 e. The molecule has 2 aromatic carbocycles. The highest BCUT2D eigenvalue weighted by Gasteiger charge is 2.28. The minimum absolute atomic E-state index is 0.0561. The van der Waals surface area contributed by atoms with Gasteiger partial charge in [-0.1, -0.05) is 37.3 Å². The Morgan fingerprint density at radius 3 is 2.39 bits per heavy atom. The number of rotatable bonds is 7. The molecule has 1 unspecified atom stereocenters. The minimum atomic E-state index is -0.340. The van der Waals surface area contributed by atoms with Crippen LogP contribution in [0, 0.1) is 0 Å². The number of hydrogen-bond donors (Lipinski definition) is 1. The molecule has 1 aliphatic rings. The van der Waals surface area contributed by atoms with Crippen LogP contribution >= 0.6 is 11.8 Å². The van der Waals surface area contributed by atoms with Crippen LogP contribution in [0.4, 0.5) is 5.69 Å². The van der Waals surface area contributed by atoms with E-state index in [4.69, 9.17) is 4.74 Å². The van der Waals surface area contributed by atoms with Gasteiger partial charge in [-0.05, 0) is 36.2 Å². The lowest BCUT2D eigenvalue weighted by atomic mass is 10.0. The Morgan fingerprint density at radius 2 is 1.75 bits per heavy atom. The van der Waals surface area contributed by atoms with Gasteiger partial charge in [0.1, 0.15) is 6.04 Å². The maximum absolute atomic E-state index is 13.1. The number of anilines is 1. The first-order valence-corrected chi connectivity index (χ1v) is 10.8. The molecule has 0 bridgehead atoms. The summed E-state index contributed by atoms with van der Waals surface area (Å²) in [6, 6.07) is 16.4. The van der Waals surface area contributed by atoms with Crippen molar-refractivity contribution in [2.75, 3.05) is 36.5 Å². The molecule has 1 atom stereocenters. The van der Waals surface area contributed by atoms with Crippen LogP contribution in [-0.2, 0) is 9.53 Å². The van der Waals surface area contributed by atoms with E-state index in [1.807, 2.05) is 49.0 Å². The van der Waals surface area contributed by atoms with Crippen LogP contribution in [0.2, 0.25) is 0 Å². The zero-order valence-electron chi connectivity index (χ0n) is 16.1. The summed E-state index contributed by atoms with van der Waals surface area (Å²) >= 11 is 1.92. The molecule has 0 aromatic heterocycles. The third-order valence-corrected chi connectivity index (χ3v) is 5.54. The Hall–Kier alpha value is -2.31. The monoisotopic (exact) mass is 398 g/mol. The van der Waals surface area contributed by atoms with E-state index in [0.29, 0.717) is 17.9 Å². The number of nitrogens with zero attached hydrogens (tertiary/aromatic N) is 1. The smallest absolute Gasteiger partial charge is 0.338 e. The van der Waals surface area contributed by atoms with Gasteiger partial charge in [0.05, 0.1) is 12.2 Å². The number of esters is 1. The van der Waals surface area contributed by atoms with Gasteiger partial charge in [-0.25, -0.2) is 4.79 Å². The van der Waals surface area contributed by atoms with Crippen molar-refractivity contribution in [1.29, 1.82) is 0 Å². The zero-order valence-corrected chi connectivity index (χ0v) is 16.9. The van der Waals surface area contributed by atoms with Crippen molar-refractivity contribution in [3.8, 4) is 0 Å². The predicted molar refractivity (Wildman–Crippen MR) is 114 cm³/mol. The summed E-state index contributed by atoms with van der Waals surface area (Å²) in [5, 5.41) is 3.01. The molecule has 2 aromatic rings. The van der Waals surface area contributed by atoms with Gasteiger partial charge in [0, 0.05) is 30.3 Å². The highest BCUT2D eigenvalue weighted by molar-refractivity contribution is 7.99. The van der Waals surface area contributed by atoms with E-state index < -0.39 is 0 Å². The lowest BCUT2D eigenvalue weighted by Gasteiger charge is -2.33. The van der Waals surface area contributed by atoms with Gasteiger partial charge in [0.15, 0.2) is 0 Å². The third kappa shape index (κ3) is 5.36. The van der Waals surface area contributed by atoms with Crippen molar-refractivity contribution in [2.24, 2.45) is 0 Å². The average Bonchev–Trinajstić information content (AvgIpc) is 2.74. The van der Waals surface area contributed by atoms with E-state index in [1.54, 1.807) is 24.3 Å². The summed E-state index contributed by atoms with van der Waals surface area (Å²) < 4.78 is 5.14. The maximum atomic E-state index is 13.1. The van der Waals surface area contributed by atoms with Crippen molar-refractivity contribution in [2.45, 2.75) is 19.4 Å². The molecular formula is C22H26N2O3S. The van der Waals surface area contributed by atoms with Gasteiger partial charge in [0.2, 0.25) is 5.91 Å². The van der Waals surface area contributed by atoms with E-state index in [0.717, 1.165) is 36.6 Å². The van der Waals surface area contributed by atoms with Crippen molar-refractivity contribution in [3.63, 3.8) is 0 Å². The van der Waals surface area contributed by atoms with Crippen LogP contribution < -0.4 is 5.32 Å². The molecule has 1 N–H and O–H groups in total. The molecule has 1 amide bonds. The standard InChI is InChI=1S/C22H26N2O3S/c1-2-14-27-22(26)18-8-10-19(11-9-18)23-21(25)20(17-6-4-3-5-7-17)24-12-15-28-16-13-24/h3-11,20H,2,12-16H2,1H3,(H,23,25). The lowest BCUT2D eigenvalue weighted by molar-refractivity contribution is -0.121. The molecule has 1 fully saturated rings. The molecule has 28 heavy (non-hydrogen) atoms. The van der Waals surface area contributed by atoms with Crippen molar-refractivity contribution in [1.82, 2.24) is 4.90 Å². The number of thioether (sulfide) groups is 1. The quantitative estimate of drug-likeness (QED) is 0.715. The van der Waals surface area contributed by atoms with Gasteiger partial charge in [-0.3, -0.25) is 9.69 Å². The molecule has 1 saturated heterocycles. The topological polar surface area (TPSA) is 58.6 Å². The summed E-state index contributed by atoms with van der Waals surface area (Å²) in [6.45, 7) is 4.14. The normalized spacial score (nSPS) is 15.6. The van der Waals surface area contributed by atoms with Crippen LogP contribution in [0.1, 0.15) is 35.3 Å². The van der Waals surface area contributed by atoms with E-state index >= 15 is 0 Å². The largest absolute Gasteiger partial charge is 0.462 e. The van der Waals surface area contributed by atoms with Gasteiger partial charge in [-0.2, -0.15) is 11.8 Å². The van der Waals surface area contributed by atoms with Crippen LogP contribution in [0.25, 0.3) is 0 Å². The zero-order chi connectivity index (χ0) is 19.8. The lowest BCUT2D eigenvalue weighted by Crippen LogP contribution is -2.41. The molecule has 6 heteroatoms. The minimum Gasteiger partial charge on any atom is -0.462 e. The number of nitrogens with one attached hydrogen (secondary N) is 1. The molecule has 0 spiro atoms. The molecule has 3 rings (SSSR count). The fourth-order valence-electron chi connectivity index (χ4n) is 3.18. The Morgan fingerprint density at radius 1 is 1.07 bits per heavy atom. The first-order valence-electron chi connectivity index (χ1n) is 9.64. The van der Waals surface area contributed by atoms with E-state index in [1.165, 1.54) is 0 Å². The van der Waals surface area contributed by atoms with Gasteiger partial charge in [-0.15, -0.1) is 0 Å². The van der Waals surface area contributed by atoms with Crippen LogP contribution in [0.3, 0.4) is 0 Å². The van der Waals surface area contributed by atoms with Gasteiger partial charge >= 0.3 is 5.97 Å². The molecule has 1 aliphatic heterocycles. The number of ether oxygens (including phenoxy) is 1. The molecule has 0 saturated carbocycles. The Bertz CT molecular complexity index is 774. The highest BCUT2D eigenvalue weighted by Crippen LogP contribution is 2.26. The fourth-order valence-corrected chi connectivity index (χ4v) is 4.11. The van der Waals surface area contributed by atoms with E-state index in [-0.39, 0.29) is 17.9 Å². The van der Waals surface area contributed by atoms with E-state index in [2.05, 4.69) is 10.2 Å². The summed E-state index contributed by atoms with van der Waals surface area (Å²) in [4.78, 5) is 27.3. The molecule has 148 valence electrons. The Labute approximate surface area is 170 Å². The Balaban J connectivity index is 1.72. The molecule has 0 aliphatic carbocycles. The van der Waals surface area contributed by atoms with Gasteiger partial charge in [0.25, 0.3) is 0 Å². The number of carbonyl (C=O) groups excluding carboxylic acids is 2. The van der Waals surface area contributed by atoms with Crippen molar-refractivity contribution in [3.05, 3.63) is 65.7 Å². The molecule has 0 radical (unpaired) electrons. The van der Waals surface area contributed by atoms with Crippen molar-refractivity contribution < 1.29 is 14.3 Å². The summed E-state index contributed by atoms with van der Waals surface area (Å²) in [5.41, 5.74) is 2.15. The van der Waals surface area contributed by atoms with Gasteiger partial charge < -0.3 is 10.1 Å². The summed E-state index contributed by atoms with van der Waals surface area (Å²) in [5.74, 6) is 1.67. The molecular weight excluding hydrogens is 372 g/mol. The van der Waals surface area contributed by atoms with Crippen molar-refractivity contribution >= 4 is 29.3 Å². The molecule has 5 nitrogen and oxygen atoms in total. The average molecular weight is 399 g/mol. The number of benzene rings is 2. The summed E-state index contributed by atoms with van der Waals surface area (Å²) in [6.07, 6.45) is 0.787.